The summed E-state index contributed by atoms with van der Waals surface area (Å²) in [4.78, 5) is 24.9. The summed E-state index contributed by atoms with van der Waals surface area (Å²) in [6.07, 6.45) is 0.241. The molecule has 0 atom stereocenters. The van der Waals surface area contributed by atoms with Crippen molar-refractivity contribution in [3.05, 3.63) is 52.5 Å². The van der Waals surface area contributed by atoms with Crippen molar-refractivity contribution in [2.24, 2.45) is 7.05 Å². The number of anilines is 2. The van der Waals surface area contributed by atoms with E-state index in [1.165, 1.54) is 29.8 Å². The van der Waals surface area contributed by atoms with E-state index in [1.807, 2.05) is 0 Å². The third kappa shape index (κ3) is 2.48. The maximum absolute atomic E-state index is 12.7. The predicted molar refractivity (Wildman–Crippen MR) is 95.8 cm³/mol. The van der Waals surface area contributed by atoms with Crippen molar-refractivity contribution in [2.45, 2.75) is 11.3 Å². The quantitative estimate of drug-likeness (QED) is 0.749. The Morgan fingerprint density at radius 2 is 1.85 bits per heavy atom. The third-order valence-electron chi connectivity index (χ3n) is 4.48. The Hall–Kier alpha value is -3.07. The maximum Gasteiger partial charge on any atom is 0.419 e. The number of amides is 1. The maximum atomic E-state index is 12.7. The van der Waals surface area contributed by atoms with Gasteiger partial charge in [-0.05, 0) is 42.0 Å². The molecule has 1 aliphatic heterocycles. The van der Waals surface area contributed by atoms with Gasteiger partial charge in [0.15, 0.2) is 5.58 Å². The summed E-state index contributed by atoms with van der Waals surface area (Å²) < 4.78 is 34.1. The number of sulfonamides is 1. The molecule has 0 saturated heterocycles. The summed E-state index contributed by atoms with van der Waals surface area (Å²) in [5.74, 6) is -0.596. The summed E-state index contributed by atoms with van der Waals surface area (Å²) >= 11 is 0. The van der Waals surface area contributed by atoms with Gasteiger partial charge in [-0.1, -0.05) is 0 Å². The lowest BCUT2D eigenvalue weighted by Gasteiger charge is -2.12. The zero-order valence-electron chi connectivity index (χ0n) is 14.0. The van der Waals surface area contributed by atoms with Crippen molar-refractivity contribution in [3.63, 3.8) is 0 Å². The van der Waals surface area contributed by atoms with Crippen LogP contribution in [-0.4, -0.2) is 25.9 Å². The monoisotopic (exact) mass is 373 g/mol. The molecule has 1 N–H and O–H groups in total. The Morgan fingerprint density at radius 1 is 1.08 bits per heavy atom. The number of nitrogens with one attached hydrogen (secondary N) is 1. The van der Waals surface area contributed by atoms with Crippen molar-refractivity contribution < 1.29 is 17.6 Å². The standard InChI is InChI=1S/C17H15N3O5S/c1-19-13-5-3-11(7-10(13)8-16(19)21)18-26(23,24)12-4-6-15-14(9-12)20(2)17(22)25-15/h3-7,9,18H,8H2,1-2H3. The Kier molecular flexibility index (Phi) is 3.45. The highest BCUT2D eigenvalue weighted by Crippen LogP contribution is 2.31. The summed E-state index contributed by atoms with van der Waals surface area (Å²) in [6, 6.07) is 9.17. The lowest BCUT2D eigenvalue weighted by Crippen LogP contribution is -2.20. The lowest BCUT2D eigenvalue weighted by atomic mass is 10.1. The van der Waals surface area contributed by atoms with Crippen molar-refractivity contribution in [3.8, 4) is 0 Å². The third-order valence-corrected chi connectivity index (χ3v) is 5.86. The van der Waals surface area contributed by atoms with Crippen LogP contribution in [0.3, 0.4) is 0 Å². The zero-order valence-corrected chi connectivity index (χ0v) is 14.8. The number of hydrogen-bond donors (Lipinski definition) is 1. The van der Waals surface area contributed by atoms with Gasteiger partial charge in [-0.15, -0.1) is 0 Å². The predicted octanol–water partition coefficient (Wildman–Crippen LogP) is 1.45. The number of rotatable bonds is 3. The van der Waals surface area contributed by atoms with E-state index in [1.54, 1.807) is 30.1 Å². The summed E-state index contributed by atoms with van der Waals surface area (Å²) in [6.45, 7) is 0. The summed E-state index contributed by atoms with van der Waals surface area (Å²) in [7, 11) is -0.673. The number of aryl methyl sites for hydroxylation is 1. The second-order valence-electron chi connectivity index (χ2n) is 6.14. The molecule has 0 saturated carbocycles. The van der Waals surface area contributed by atoms with Gasteiger partial charge in [-0.3, -0.25) is 14.1 Å². The Balaban J connectivity index is 1.70. The molecule has 26 heavy (non-hydrogen) atoms. The first kappa shape index (κ1) is 16.4. The van der Waals surface area contributed by atoms with Gasteiger partial charge in [0.25, 0.3) is 10.0 Å². The minimum Gasteiger partial charge on any atom is -0.408 e. The zero-order chi connectivity index (χ0) is 18.6. The van der Waals surface area contributed by atoms with E-state index in [4.69, 9.17) is 4.42 Å². The molecule has 8 nitrogen and oxygen atoms in total. The minimum atomic E-state index is -3.86. The largest absolute Gasteiger partial charge is 0.419 e. The van der Waals surface area contributed by atoms with Crippen LogP contribution in [0.4, 0.5) is 11.4 Å². The lowest BCUT2D eigenvalue weighted by molar-refractivity contribution is -0.117. The van der Waals surface area contributed by atoms with Gasteiger partial charge in [-0.25, -0.2) is 13.2 Å². The average molecular weight is 373 g/mol. The van der Waals surface area contributed by atoms with Crippen LogP contribution >= 0.6 is 0 Å². The highest BCUT2D eigenvalue weighted by atomic mass is 32.2. The number of carbonyl (C=O) groups is 1. The van der Waals surface area contributed by atoms with Crippen LogP contribution < -0.4 is 15.4 Å². The second kappa shape index (κ2) is 5.46. The number of benzene rings is 2. The summed E-state index contributed by atoms with van der Waals surface area (Å²) in [5, 5.41) is 0. The molecule has 0 radical (unpaired) electrons. The number of carbonyl (C=O) groups excluding carboxylic acids is 1. The molecule has 0 unspecified atom stereocenters. The Labute approximate surface area is 148 Å². The first-order chi connectivity index (χ1) is 12.3. The van der Waals surface area contributed by atoms with Crippen LogP contribution in [0, 0.1) is 0 Å². The number of hydrogen-bond acceptors (Lipinski definition) is 5. The minimum absolute atomic E-state index is 0.00935. The van der Waals surface area contributed by atoms with Crippen LogP contribution in [0.2, 0.25) is 0 Å². The molecule has 0 bridgehead atoms. The normalized spacial score (nSPS) is 14.1. The molecule has 2 aromatic carbocycles. The second-order valence-corrected chi connectivity index (χ2v) is 7.82. The number of fused-ring (bicyclic) bond motifs is 2. The molecule has 1 amide bonds. The molecule has 0 spiro atoms. The van der Waals surface area contributed by atoms with Gasteiger partial charge < -0.3 is 9.32 Å². The number of aromatic nitrogens is 1. The van der Waals surface area contributed by atoms with Gasteiger partial charge in [0.2, 0.25) is 5.91 Å². The highest BCUT2D eigenvalue weighted by Gasteiger charge is 2.25. The van der Waals surface area contributed by atoms with Crippen molar-refractivity contribution in [1.29, 1.82) is 0 Å². The van der Waals surface area contributed by atoms with Crippen molar-refractivity contribution in [1.82, 2.24) is 4.57 Å². The molecule has 1 aliphatic rings. The smallest absolute Gasteiger partial charge is 0.408 e. The SMILES string of the molecule is CN1C(=O)Cc2cc(NS(=O)(=O)c3ccc4oc(=O)n(C)c4c3)ccc21. The van der Waals surface area contributed by atoms with E-state index in [0.717, 1.165) is 11.3 Å². The molecule has 1 aromatic heterocycles. The van der Waals surface area contributed by atoms with E-state index in [2.05, 4.69) is 4.72 Å². The Bertz CT molecular complexity index is 1220. The fraction of sp³-hybridized carbons (Fsp3) is 0.176. The van der Waals surface area contributed by atoms with Crippen LogP contribution in [0.25, 0.3) is 11.1 Å². The fourth-order valence-corrected chi connectivity index (χ4v) is 4.09. The van der Waals surface area contributed by atoms with Crippen molar-refractivity contribution >= 4 is 38.4 Å². The van der Waals surface area contributed by atoms with E-state index in [0.29, 0.717) is 16.8 Å². The molecular formula is C17H15N3O5S. The fourth-order valence-electron chi connectivity index (χ4n) is 3.02. The molecule has 0 aliphatic carbocycles. The van der Waals surface area contributed by atoms with Crippen LogP contribution in [0.5, 0.6) is 0 Å². The van der Waals surface area contributed by atoms with Crippen molar-refractivity contribution in [2.75, 3.05) is 16.7 Å². The topological polar surface area (TPSA) is 102 Å². The van der Waals surface area contributed by atoms with Gasteiger partial charge in [0.05, 0.1) is 16.8 Å². The van der Waals surface area contributed by atoms with Gasteiger partial charge in [0, 0.05) is 25.5 Å². The number of nitrogens with zero attached hydrogens (tertiary/aromatic N) is 2. The summed E-state index contributed by atoms with van der Waals surface area (Å²) in [5.41, 5.74) is 2.61. The average Bonchev–Trinajstić information content (AvgIpc) is 3.03. The van der Waals surface area contributed by atoms with E-state index in [-0.39, 0.29) is 17.2 Å². The first-order valence-electron chi connectivity index (χ1n) is 7.78. The molecule has 0 fully saturated rings. The van der Waals surface area contributed by atoms with Gasteiger partial charge in [-0.2, -0.15) is 0 Å². The van der Waals surface area contributed by atoms with Gasteiger partial charge in [0.1, 0.15) is 0 Å². The van der Waals surface area contributed by atoms with E-state index >= 15 is 0 Å². The van der Waals surface area contributed by atoms with E-state index < -0.39 is 15.8 Å². The number of likely N-dealkylation sites (N-methyl/N-ethyl adjacent to an activating group) is 1. The van der Waals surface area contributed by atoms with Crippen LogP contribution in [-0.2, 0) is 28.3 Å². The Morgan fingerprint density at radius 3 is 2.62 bits per heavy atom. The molecule has 4 rings (SSSR count). The van der Waals surface area contributed by atoms with Crippen LogP contribution in [0.1, 0.15) is 5.56 Å². The van der Waals surface area contributed by atoms with Gasteiger partial charge >= 0.3 is 5.76 Å². The number of oxazole rings is 1. The van der Waals surface area contributed by atoms with Crippen LogP contribution in [0.15, 0.2) is 50.5 Å². The van der Waals surface area contributed by atoms with E-state index in [9.17, 15) is 18.0 Å². The molecule has 9 heteroatoms. The molecule has 2 heterocycles. The first-order valence-corrected chi connectivity index (χ1v) is 9.26. The molecule has 134 valence electrons. The molecular weight excluding hydrogens is 358 g/mol. The highest BCUT2D eigenvalue weighted by molar-refractivity contribution is 7.92. The molecule has 3 aromatic rings.